The molecule has 2 rings (SSSR count). The number of amides is 1. The lowest BCUT2D eigenvalue weighted by Crippen LogP contribution is -2.17. The highest BCUT2D eigenvalue weighted by Crippen LogP contribution is 2.13. The van der Waals surface area contributed by atoms with E-state index in [9.17, 15) is 4.79 Å². The molecule has 2 aromatic rings. The van der Waals surface area contributed by atoms with Gasteiger partial charge in [0, 0.05) is 12.6 Å². The normalized spacial score (nSPS) is 10.6. The van der Waals surface area contributed by atoms with Gasteiger partial charge >= 0.3 is 0 Å². The second-order valence-electron chi connectivity index (χ2n) is 3.52. The number of hydrogen-bond acceptors (Lipinski definition) is 3. The van der Waals surface area contributed by atoms with E-state index in [-0.39, 0.29) is 5.91 Å². The van der Waals surface area contributed by atoms with E-state index in [1.165, 1.54) is 0 Å². The van der Waals surface area contributed by atoms with Gasteiger partial charge in [-0.2, -0.15) is 0 Å². The van der Waals surface area contributed by atoms with E-state index in [0.717, 1.165) is 16.9 Å². The van der Waals surface area contributed by atoms with Crippen LogP contribution in [0.1, 0.15) is 16.2 Å². The van der Waals surface area contributed by atoms with Crippen molar-refractivity contribution in [2.24, 2.45) is 0 Å². The summed E-state index contributed by atoms with van der Waals surface area (Å²) in [6.07, 6.45) is 0. The number of H-pyrrole nitrogens is 1. The summed E-state index contributed by atoms with van der Waals surface area (Å²) in [5.41, 5.74) is 2.39. The molecule has 0 fully saturated rings. The molecule has 1 aromatic heterocycles. The summed E-state index contributed by atoms with van der Waals surface area (Å²) in [5.74, 6) is 0.776. The van der Waals surface area contributed by atoms with Crippen LogP contribution in [0.15, 0.2) is 18.2 Å². The molecule has 5 nitrogen and oxygen atoms in total. The van der Waals surface area contributed by atoms with Gasteiger partial charge in [0.1, 0.15) is 5.82 Å². The summed E-state index contributed by atoms with van der Waals surface area (Å²) in [5, 5.41) is 5.61. The largest absolute Gasteiger partial charge is 0.355 e. The average Bonchev–Trinajstić information content (AvgIpc) is 2.69. The number of aromatic nitrogens is 2. The predicted molar refractivity (Wildman–Crippen MR) is 62.2 cm³/mol. The molecule has 0 saturated heterocycles. The number of nitrogens with one attached hydrogen (secondary N) is 3. The highest BCUT2D eigenvalue weighted by Gasteiger charge is 2.06. The minimum atomic E-state index is -0.0910. The van der Waals surface area contributed by atoms with Crippen LogP contribution in [0.4, 0.5) is 0 Å². The summed E-state index contributed by atoms with van der Waals surface area (Å²) in [6, 6.07) is 5.42. The molecule has 0 bridgehead atoms. The van der Waals surface area contributed by atoms with Crippen molar-refractivity contribution in [3.8, 4) is 0 Å². The summed E-state index contributed by atoms with van der Waals surface area (Å²) in [7, 11) is 3.48. The third-order valence-corrected chi connectivity index (χ3v) is 2.36. The Morgan fingerprint density at radius 2 is 2.25 bits per heavy atom. The molecule has 0 radical (unpaired) electrons. The van der Waals surface area contributed by atoms with Crippen molar-refractivity contribution in [2.75, 3.05) is 14.1 Å². The first-order valence-corrected chi connectivity index (χ1v) is 5.10. The fourth-order valence-electron chi connectivity index (χ4n) is 1.60. The molecular formula is C11H14N4O. The smallest absolute Gasteiger partial charge is 0.251 e. The van der Waals surface area contributed by atoms with Crippen molar-refractivity contribution < 1.29 is 4.79 Å². The van der Waals surface area contributed by atoms with Gasteiger partial charge in [0.05, 0.1) is 17.6 Å². The maximum atomic E-state index is 11.4. The Balaban J connectivity index is 2.41. The second-order valence-corrected chi connectivity index (χ2v) is 3.52. The van der Waals surface area contributed by atoms with E-state index in [2.05, 4.69) is 20.6 Å². The van der Waals surface area contributed by atoms with Gasteiger partial charge in [-0.25, -0.2) is 4.98 Å². The lowest BCUT2D eigenvalue weighted by Gasteiger charge is -1.98. The molecule has 84 valence electrons. The van der Waals surface area contributed by atoms with Crippen LogP contribution in [0.3, 0.4) is 0 Å². The number of rotatable bonds is 3. The molecule has 5 heteroatoms. The number of imidazole rings is 1. The van der Waals surface area contributed by atoms with E-state index in [0.29, 0.717) is 12.1 Å². The van der Waals surface area contributed by atoms with Crippen molar-refractivity contribution >= 4 is 16.9 Å². The SMILES string of the molecule is CNCc1nc2ccc(C(=O)NC)cc2[nH]1. The molecule has 3 N–H and O–H groups in total. The van der Waals surface area contributed by atoms with Crippen LogP contribution in [0.25, 0.3) is 11.0 Å². The number of carbonyl (C=O) groups excluding carboxylic acids is 1. The number of hydrogen-bond donors (Lipinski definition) is 3. The molecule has 0 spiro atoms. The van der Waals surface area contributed by atoms with Crippen LogP contribution in [-0.2, 0) is 6.54 Å². The maximum absolute atomic E-state index is 11.4. The highest BCUT2D eigenvalue weighted by molar-refractivity contribution is 5.97. The van der Waals surface area contributed by atoms with E-state index < -0.39 is 0 Å². The minimum absolute atomic E-state index is 0.0910. The highest BCUT2D eigenvalue weighted by atomic mass is 16.1. The molecule has 0 atom stereocenters. The minimum Gasteiger partial charge on any atom is -0.355 e. The fraction of sp³-hybridized carbons (Fsp3) is 0.273. The molecule has 0 unspecified atom stereocenters. The molecular weight excluding hydrogens is 204 g/mol. The standard InChI is InChI=1S/C11H14N4O/c1-12-6-10-14-8-4-3-7(11(16)13-2)5-9(8)15-10/h3-5,12H,6H2,1-2H3,(H,13,16)(H,14,15). The third kappa shape index (κ3) is 1.90. The molecule has 0 saturated carbocycles. The van der Waals surface area contributed by atoms with Crippen LogP contribution in [0, 0.1) is 0 Å². The lowest BCUT2D eigenvalue weighted by molar-refractivity contribution is 0.0963. The molecule has 1 amide bonds. The van der Waals surface area contributed by atoms with Crippen molar-refractivity contribution in [3.05, 3.63) is 29.6 Å². The molecule has 16 heavy (non-hydrogen) atoms. The molecule has 1 aromatic carbocycles. The lowest BCUT2D eigenvalue weighted by atomic mass is 10.2. The van der Waals surface area contributed by atoms with Crippen molar-refractivity contribution in [3.63, 3.8) is 0 Å². The first-order chi connectivity index (χ1) is 7.74. The van der Waals surface area contributed by atoms with E-state index in [1.54, 1.807) is 19.2 Å². The van der Waals surface area contributed by atoms with Gasteiger partial charge in [0.15, 0.2) is 0 Å². The van der Waals surface area contributed by atoms with Crippen LogP contribution < -0.4 is 10.6 Å². The van der Waals surface area contributed by atoms with E-state index in [1.807, 2.05) is 13.1 Å². The first kappa shape index (κ1) is 10.6. The summed E-state index contributed by atoms with van der Waals surface area (Å²) < 4.78 is 0. The van der Waals surface area contributed by atoms with Crippen LogP contribution in [0.2, 0.25) is 0 Å². The fourth-order valence-corrected chi connectivity index (χ4v) is 1.60. The summed E-state index contributed by atoms with van der Waals surface area (Å²) in [4.78, 5) is 19.0. The van der Waals surface area contributed by atoms with Crippen LogP contribution in [-0.4, -0.2) is 30.0 Å². The predicted octanol–water partition coefficient (Wildman–Crippen LogP) is 0.642. The van der Waals surface area contributed by atoms with E-state index in [4.69, 9.17) is 0 Å². The Labute approximate surface area is 93.3 Å². The Bertz CT molecular complexity index is 518. The number of carbonyl (C=O) groups is 1. The van der Waals surface area contributed by atoms with Gasteiger partial charge in [-0.15, -0.1) is 0 Å². The topological polar surface area (TPSA) is 69.8 Å². The zero-order chi connectivity index (χ0) is 11.5. The summed E-state index contributed by atoms with van der Waals surface area (Å²) in [6.45, 7) is 0.685. The van der Waals surface area contributed by atoms with Gasteiger partial charge < -0.3 is 15.6 Å². The second kappa shape index (κ2) is 4.32. The van der Waals surface area contributed by atoms with Crippen LogP contribution >= 0.6 is 0 Å². The Morgan fingerprint density at radius 1 is 1.44 bits per heavy atom. The van der Waals surface area contributed by atoms with Gasteiger partial charge in [0.25, 0.3) is 5.91 Å². The zero-order valence-electron chi connectivity index (χ0n) is 9.29. The molecule has 1 heterocycles. The number of aromatic amines is 1. The van der Waals surface area contributed by atoms with Gasteiger partial charge in [0.2, 0.25) is 0 Å². The monoisotopic (exact) mass is 218 g/mol. The third-order valence-electron chi connectivity index (χ3n) is 2.36. The van der Waals surface area contributed by atoms with Crippen LogP contribution in [0.5, 0.6) is 0 Å². The Morgan fingerprint density at radius 3 is 2.94 bits per heavy atom. The summed E-state index contributed by atoms with van der Waals surface area (Å²) >= 11 is 0. The maximum Gasteiger partial charge on any atom is 0.251 e. The Hall–Kier alpha value is -1.88. The van der Waals surface area contributed by atoms with Crippen molar-refractivity contribution in [1.29, 1.82) is 0 Å². The first-order valence-electron chi connectivity index (χ1n) is 5.10. The van der Waals surface area contributed by atoms with Gasteiger partial charge in [-0.3, -0.25) is 4.79 Å². The molecule has 0 aliphatic rings. The van der Waals surface area contributed by atoms with E-state index >= 15 is 0 Å². The van der Waals surface area contributed by atoms with Gasteiger partial charge in [-0.1, -0.05) is 0 Å². The number of fused-ring (bicyclic) bond motifs is 1. The average molecular weight is 218 g/mol. The number of nitrogens with zero attached hydrogens (tertiary/aromatic N) is 1. The van der Waals surface area contributed by atoms with Crippen molar-refractivity contribution in [1.82, 2.24) is 20.6 Å². The quantitative estimate of drug-likeness (QED) is 0.708. The van der Waals surface area contributed by atoms with Gasteiger partial charge in [-0.05, 0) is 25.2 Å². The zero-order valence-corrected chi connectivity index (χ0v) is 9.29. The molecule has 0 aliphatic carbocycles. The molecule has 0 aliphatic heterocycles. The van der Waals surface area contributed by atoms with Crippen molar-refractivity contribution in [2.45, 2.75) is 6.54 Å². The number of benzene rings is 1. The Kier molecular flexibility index (Phi) is 2.87.